The zero-order chi connectivity index (χ0) is 15.3. The summed E-state index contributed by atoms with van der Waals surface area (Å²) < 4.78 is 40.5. The third-order valence-corrected chi connectivity index (χ3v) is 2.58. The van der Waals surface area contributed by atoms with Gasteiger partial charge in [-0.3, -0.25) is 0 Å². The maximum absolute atomic E-state index is 11.9. The number of rotatable bonds is 5. The number of halogens is 3. The van der Waals surface area contributed by atoms with Crippen LogP contribution in [0.4, 0.5) is 24.5 Å². The number of nitrogen functional groups attached to an aromatic ring is 1. The van der Waals surface area contributed by atoms with Crippen molar-refractivity contribution in [3.8, 4) is 0 Å². The van der Waals surface area contributed by atoms with Gasteiger partial charge in [0.05, 0.1) is 23.5 Å². The highest BCUT2D eigenvalue weighted by Gasteiger charge is 2.26. The van der Waals surface area contributed by atoms with Crippen LogP contribution in [0.2, 0.25) is 0 Å². The summed E-state index contributed by atoms with van der Waals surface area (Å²) in [5.74, 6) is -0.677. The normalized spacial score (nSPS) is 11.2. The molecule has 20 heavy (non-hydrogen) atoms. The van der Waals surface area contributed by atoms with E-state index in [0.717, 1.165) is 5.69 Å². The largest absolute Gasteiger partial charge is 0.462 e. The van der Waals surface area contributed by atoms with Crippen molar-refractivity contribution in [1.82, 2.24) is 0 Å². The first-order valence-electron chi connectivity index (χ1n) is 6.01. The van der Waals surface area contributed by atoms with Crippen LogP contribution in [0.1, 0.15) is 23.2 Å². The summed E-state index contributed by atoms with van der Waals surface area (Å²) in [5.41, 5.74) is 7.15. The predicted octanol–water partition coefficient (Wildman–Crippen LogP) is 2.83. The van der Waals surface area contributed by atoms with Crippen LogP contribution < -0.4 is 10.6 Å². The predicted molar refractivity (Wildman–Crippen MR) is 70.8 cm³/mol. The lowest BCUT2D eigenvalue weighted by atomic mass is 10.1. The molecule has 0 bridgehead atoms. The Morgan fingerprint density at radius 3 is 2.50 bits per heavy atom. The lowest BCUT2D eigenvalue weighted by molar-refractivity contribution is -0.137. The Morgan fingerprint density at radius 1 is 1.35 bits per heavy atom. The summed E-state index contributed by atoms with van der Waals surface area (Å²) in [6, 6.07) is 4.63. The summed E-state index contributed by atoms with van der Waals surface area (Å²) in [5, 5.41) is 0. The van der Waals surface area contributed by atoms with Gasteiger partial charge in [0.1, 0.15) is 0 Å². The van der Waals surface area contributed by atoms with E-state index in [-0.39, 0.29) is 18.6 Å². The first-order chi connectivity index (χ1) is 9.20. The monoisotopic (exact) mass is 290 g/mol. The van der Waals surface area contributed by atoms with E-state index in [1.165, 1.54) is 12.1 Å². The topological polar surface area (TPSA) is 55.6 Å². The van der Waals surface area contributed by atoms with Crippen molar-refractivity contribution in [3.63, 3.8) is 0 Å². The van der Waals surface area contributed by atoms with E-state index >= 15 is 0 Å². The fraction of sp³-hybridized carbons (Fsp3) is 0.462. The molecule has 0 amide bonds. The molecule has 1 rings (SSSR count). The quantitative estimate of drug-likeness (QED) is 0.514. The number of anilines is 2. The van der Waals surface area contributed by atoms with Crippen LogP contribution in [-0.4, -0.2) is 32.8 Å². The van der Waals surface area contributed by atoms with E-state index in [1.54, 1.807) is 25.1 Å². The van der Waals surface area contributed by atoms with Crippen LogP contribution >= 0.6 is 0 Å². The van der Waals surface area contributed by atoms with Gasteiger partial charge in [-0.05, 0) is 24.6 Å². The Balaban J connectivity index is 2.54. The molecular weight excluding hydrogens is 273 g/mol. The summed E-state index contributed by atoms with van der Waals surface area (Å²) in [6.45, 7) is -0.270. The number of hydrogen-bond acceptors (Lipinski definition) is 4. The maximum atomic E-state index is 11.9. The SMILES string of the molecule is CN(C)c1ccc(C(=O)OCCCC(F)(F)F)cc1N. The molecule has 0 atom stereocenters. The van der Waals surface area contributed by atoms with Crippen LogP contribution in [0.5, 0.6) is 0 Å². The first-order valence-corrected chi connectivity index (χ1v) is 6.01. The van der Waals surface area contributed by atoms with Gasteiger partial charge in [-0.15, -0.1) is 0 Å². The summed E-state index contributed by atoms with van der Waals surface area (Å²) in [6.07, 6.45) is -5.45. The highest BCUT2D eigenvalue weighted by atomic mass is 19.4. The number of carbonyl (C=O) groups excluding carboxylic acids is 1. The number of esters is 1. The van der Waals surface area contributed by atoms with Crippen LogP contribution in [0.15, 0.2) is 18.2 Å². The van der Waals surface area contributed by atoms with E-state index < -0.39 is 18.6 Å². The fourth-order valence-electron chi connectivity index (χ4n) is 1.61. The molecule has 0 aliphatic heterocycles. The Bertz CT molecular complexity index is 473. The van der Waals surface area contributed by atoms with Crippen LogP contribution in [0.3, 0.4) is 0 Å². The number of carbonyl (C=O) groups is 1. The zero-order valence-electron chi connectivity index (χ0n) is 11.3. The second-order valence-electron chi connectivity index (χ2n) is 4.52. The second-order valence-corrected chi connectivity index (χ2v) is 4.52. The zero-order valence-corrected chi connectivity index (χ0v) is 11.3. The highest BCUT2D eigenvalue weighted by Crippen LogP contribution is 2.23. The second kappa shape index (κ2) is 6.49. The Kier molecular flexibility index (Phi) is 5.24. The Morgan fingerprint density at radius 2 is 2.00 bits per heavy atom. The molecule has 0 saturated carbocycles. The van der Waals surface area contributed by atoms with E-state index in [0.29, 0.717) is 5.69 Å². The highest BCUT2D eigenvalue weighted by molar-refractivity contribution is 5.92. The van der Waals surface area contributed by atoms with E-state index in [9.17, 15) is 18.0 Å². The minimum Gasteiger partial charge on any atom is -0.462 e. The van der Waals surface area contributed by atoms with Gasteiger partial charge in [-0.25, -0.2) is 4.79 Å². The molecule has 7 heteroatoms. The molecule has 0 unspecified atom stereocenters. The van der Waals surface area contributed by atoms with Crippen LogP contribution in [0.25, 0.3) is 0 Å². The molecule has 0 saturated heterocycles. The molecule has 0 heterocycles. The van der Waals surface area contributed by atoms with Crippen LogP contribution in [-0.2, 0) is 4.74 Å². The molecule has 112 valence electrons. The molecule has 0 radical (unpaired) electrons. The van der Waals surface area contributed by atoms with Gasteiger partial charge in [0, 0.05) is 20.5 Å². The smallest absolute Gasteiger partial charge is 0.389 e. The lowest BCUT2D eigenvalue weighted by Crippen LogP contribution is -2.13. The Hall–Kier alpha value is -1.92. The molecule has 0 aliphatic carbocycles. The number of ether oxygens (including phenoxy) is 1. The van der Waals surface area contributed by atoms with Crippen molar-refractivity contribution in [2.75, 3.05) is 31.3 Å². The van der Waals surface area contributed by atoms with Gasteiger partial charge in [-0.2, -0.15) is 13.2 Å². The van der Waals surface area contributed by atoms with E-state index in [2.05, 4.69) is 0 Å². The lowest BCUT2D eigenvalue weighted by Gasteiger charge is -2.15. The summed E-state index contributed by atoms with van der Waals surface area (Å²) >= 11 is 0. The van der Waals surface area contributed by atoms with Crippen molar-refractivity contribution in [3.05, 3.63) is 23.8 Å². The Labute approximate surface area is 115 Å². The van der Waals surface area contributed by atoms with E-state index in [4.69, 9.17) is 10.5 Å². The third kappa shape index (κ3) is 4.99. The third-order valence-electron chi connectivity index (χ3n) is 2.58. The van der Waals surface area contributed by atoms with Crippen molar-refractivity contribution < 1.29 is 22.7 Å². The number of nitrogens with two attached hydrogens (primary N) is 1. The minimum absolute atomic E-state index is 0.222. The average molecular weight is 290 g/mol. The van der Waals surface area contributed by atoms with Gasteiger partial charge in [0.2, 0.25) is 0 Å². The van der Waals surface area contributed by atoms with Gasteiger partial charge >= 0.3 is 12.1 Å². The van der Waals surface area contributed by atoms with E-state index in [1.807, 2.05) is 0 Å². The van der Waals surface area contributed by atoms with Gasteiger partial charge in [-0.1, -0.05) is 0 Å². The minimum atomic E-state index is -4.23. The van der Waals surface area contributed by atoms with Crippen molar-refractivity contribution in [2.45, 2.75) is 19.0 Å². The molecule has 0 fully saturated rings. The summed E-state index contributed by atoms with van der Waals surface area (Å²) in [7, 11) is 3.61. The molecule has 0 aliphatic rings. The fourth-order valence-corrected chi connectivity index (χ4v) is 1.61. The van der Waals surface area contributed by atoms with Crippen molar-refractivity contribution in [1.29, 1.82) is 0 Å². The molecule has 2 N–H and O–H groups in total. The van der Waals surface area contributed by atoms with Gasteiger partial charge < -0.3 is 15.4 Å². The first kappa shape index (κ1) is 16.1. The standard InChI is InChI=1S/C13H17F3N2O2/c1-18(2)11-5-4-9(8-10(11)17)12(19)20-7-3-6-13(14,15)16/h4-5,8H,3,6-7,17H2,1-2H3. The van der Waals surface area contributed by atoms with Crippen LogP contribution in [0, 0.1) is 0 Å². The van der Waals surface area contributed by atoms with Gasteiger partial charge in [0.15, 0.2) is 0 Å². The molecule has 0 aromatic heterocycles. The number of benzene rings is 1. The average Bonchev–Trinajstić information content (AvgIpc) is 2.32. The maximum Gasteiger partial charge on any atom is 0.389 e. The van der Waals surface area contributed by atoms with Crippen molar-refractivity contribution >= 4 is 17.3 Å². The number of hydrogen-bond donors (Lipinski definition) is 1. The number of alkyl halides is 3. The number of nitrogens with zero attached hydrogens (tertiary/aromatic N) is 1. The molecule has 1 aromatic rings. The molecule has 4 nitrogen and oxygen atoms in total. The van der Waals surface area contributed by atoms with Crippen molar-refractivity contribution in [2.24, 2.45) is 0 Å². The molecule has 0 spiro atoms. The summed E-state index contributed by atoms with van der Waals surface area (Å²) in [4.78, 5) is 13.4. The molecule has 1 aromatic carbocycles. The molecular formula is C13H17F3N2O2. The van der Waals surface area contributed by atoms with Gasteiger partial charge in [0.25, 0.3) is 0 Å².